The molecule has 0 aliphatic heterocycles. The summed E-state index contributed by atoms with van der Waals surface area (Å²) in [6.45, 7) is 0. The summed E-state index contributed by atoms with van der Waals surface area (Å²) in [5, 5.41) is 2.01. The molecule has 0 N–H and O–H groups in total. The average molecular weight is 364 g/mol. The molecule has 1 saturated carbocycles. The standard InChI is InChI=1S/C21H24N4O2/c1-25-13-22-12-20(25)19-8-15-7-17(23-10-16(15)11-24-19)9-21(26)14-3-5-18(27-2)6-4-14/h7-8,10-14,18H,3-6,9H2,1-2H3. The average Bonchev–Trinajstić information content (AvgIpc) is 3.13. The Labute approximate surface area is 158 Å². The number of aromatic nitrogens is 4. The van der Waals surface area contributed by atoms with Crippen molar-refractivity contribution in [3.8, 4) is 11.4 Å². The lowest BCUT2D eigenvalue weighted by atomic mass is 9.83. The fraction of sp³-hybridized carbons (Fsp3) is 0.429. The lowest BCUT2D eigenvalue weighted by molar-refractivity contribution is -0.124. The monoisotopic (exact) mass is 364 g/mol. The van der Waals surface area contributed by atoms with Crippen LogP contribution in [0.3, 0.4) is 0 Å². The summed E-state index contributed by atoms with van der Waals surface area (Å²) >= 11 is 0. The quantitative estimate of drug-likeness (QED) is 0.694. The van der Waals surface area contributed by atoms with Gasteiger partial charge >= 0.3 is 0 Å². The van der Waals surface area contributed by atoms with Crippen LogP contribution in [0, 0.1) is 5.92 Å². The maximum absolute atomic E-state index is 12.7. The van der Waals surface area contributed by atoms with E-state index in [0.29, 0.717) is 12.5 Å². The van der Waals surface area contributed by atoms with Crippen LogP contribution >= 0.6 is 0 Å². The van der Waals surface area contributed by atoms with Crippen LogP contribution in [-0.2, 0) is 23.0 Å². The van der Waals surface area contributed by atoms with E-state index in [0.717, 1.165) is 53.5 Å². The van der Waals surface area contributed by atoms with Crippen LogP contribution in [0.4, 0.5) is 0 Å². The summed E-state index contributed by atoms with van der Waals surface area (Å²) in [4.78, 5) is 25.8. The summed E-state index contributed by atoms with van der Waals surface area (Å²) < 4.78 is 7.34. The van der Waals surface area contributed by atoms with E-state index in [1.807, 2.05) is 29.9 Å². The highest BCUT2D eigenvalue weighted by atomic mass is 16.5. The molecule has 3 heterocycles. The van der Waals surface area contributed by atoms with Crippen LogP contribution in [0.5, 0.6) is 0 Å². The van der Waals surface area contributed by atoms with Gasteiger partial charge in [0, 0.05) is 50.0 Å². The minimum atomic E-state index is 0.136. The largest absolute Gasteiger partial charge is 0.381 e. The predicted octanol–water partition coefficient (Wildman–Crippen LogP) is 3.35. The summed E-state index contributed by atoms with van der Waals surface area (Å²) in [6.07, 6.45) is 11.7. The summed E-state index contributed by atoms with van der Waals surface area (Å²) in [5.74, 6) is 0.425. The van der Waals surface area contributed by atoms with Gasteiger partial charge in [-0.1, -0.05) is 0 Å². The number of hydrogen-bond donors (Lipinski definition) is 0. The predicted molar refractivity (Wildman–Crippen MR) is 103 cm³/mol. The van der Waals surface area contributed by atoms with Crippen molar-refractivity contribution in [2.24, 2.45) is 13.0 Å². The first kappa shape index (κ1) is 17.8. The zero-order valence-corrected chi connectivity index (χ0v) is 15.8. The van der Waals surface area contributed by atoms with Crippen molar-refractivity contribution in [3.63, 3.8) is 0 Å². The molecular weight excluding hydrogens is 340 g/mol. The van der Waals surface area contributed by atoms with E-state index in [-0.39, 0.29) is 11.7 Å². The maximum atomic E-state index is 12.7. The molecule has 3 aromatic rings. The van der Waals surface area contributed by atoms with Gasteiger partial charge in [-0.3, -0.25) is 14.8 Å². The smallest absolute Gasteiger partial charge is 0.141 e. The number of aryl methyl sites for hydroxylation is 1. The van der Waals surface area contributed by atoms with Crippen LogP contribution < -0.4 is 0 Å². The number of fused-ring (bicyclic) bond motifs is 1. The number of pyridine rings is 2. The molecule has 0 bridgehead atoms. The number of ketones is 1. The Bertz CT molecular complexity index is 958. The molecule has 4 rings (SSSR count). The molecule has 3 aromatic heterocycles. The molecule has 0 aromatic carbocycles. The highest BCUT2D eigenvalue weighted by molar-refractivity contribution is 5.87. The third kappa shape index (κ3) is 3.76. The van der Waals surface area contributed by atoms with E-state index < -0.39 is 0 Å². The van der Waals surface area contributed by atoms with Gasteiger partial charge in [-0.15, -0.1) is 0 Å². The first-order valence-electron chi connectivity index (χ1n) is 9.41. The molecule has 1 fully saturated rings. The fourth-order valence-corrected chi connectivity index (χ4v) is 3.87. The number of rotatable bonds is 5. The van der Waals surface area contributed by atoms with Gasteiger partial charge in [0.2, 0.25) is 0 Å². The Morgan fingerprint density at radius 2 is 1.89 bits per heavy atom. The number of carbonyl (C=O) groups excluding carboxylic acids is 1. The molecule has 27 heavy (non-hydrogen) atoms. The normalized spacial score (nSPS) is 20.1. The van der Waals surface area contributed by atoms with Crippen molar-refractivity contribution in [1.82, 2.24) is 19.5 Å². The van der Waals surface area contributed by atoms with Gasteiger partial charge in [0.15, 0.2) is 0 Å². The molecule has 0 amide bonds. The second kappa shape index (κ2) is 7.56. The van der Waals surface area contributed by atoms with Crippen molar-refractivity contribution in [2.75, 3.05) is 7.11 Å². The van der Waals surface area contributed by atoms with E-state index in [4.69, 9.17) is 4.74 Å². The van der Waals surface area contributed by atoms with Crippen LogP contribution in [0.2, 0.25) is 0 Å². The molecule has 0 spiro atoms. The van der Waals surface area contributed by atoms with Crippen LogP contribution in [0.25, 0.3) is 22.2 Å². The van der Waals surface area contributed by atoms with Gasteiger partial charge in [-0.25, -0.2) is 4.98 Å². The summed E-state index contributed by atoms with van der Waals surface area (Å²) in [5.41, 5.74) is 2.65. The molecule has 0 radical (unpaired) electrons. The van der Waals surface area contributed by atoms with Crippen LogP contribution in [0.15, 0.2) is 37.1 Å². The molecule has 0 atom stereocenters. The van der Waals surface area contributed by atoms with Gasteiger partial charge < -0.3 is 9.30 Å². The minimum Gasteiger partial charge on any atom is -0.381 e. The van der Waals surface area contributed by atoms with Crippen molar-refractivity contribution in [1.29, 1.82) is 0 Å². The molecule has 1 aliphatic rings. The Morgan fingerprint density at radius 3 is 2.59 bits per heavy atom. The van der Waals surface area contributed by atoms with Gasteiger partial charge in [0.25, 0.3) is 0 Å². The van der Waals surface area contributed by atoms with Crippen molar-refractivity contribution >= 4 is 16.6 Å². The molecule has 0 unspecified atom stereocenters. The first-order valence-corrected chi connectivity index (χ1v) is 9.41. The van der Waals surface area contributed by atoms with Gasteiger partial charge in [-0.05, 0) is 43.2 Å². The number of ether oxygens (including phenoxy) is 1. The van der Waals surface area contributed by atoms with Crippen molar-refractivity contribution < 1.29 is 9.53 Å². The Hall–Kier alpha value is -2.60. The van der Waals surface area contributed by atoms with E-state index in [2.05, 4.69) is 15.0 Å². The lowest BCUT2D eigenvalue weighted by Crippen LogP contribution is -2.26. The molecule has 1 aliphatic carbocycles. The Morgan fingerprint density at radius 1 is 1.11 bits per heavy atom. The second-order valence-corrected chi connectivity index (χ2v) is 7.33. The van der Waals surface area contributed by atoms with Crippen molar-refractivity contribution in [3.05, 3.63) is 42.7 Å². The third-order valence-corrected chi connectivity index (χ3v) is 5.56. The Balaban J connectivity index is 1.52. The van der Waals surface area contributed by atoms with E-state index >= 15 is 0 Å². The third-order valence-electron chi connectivity index (χ3n) is 5.56. The Kier molecular flexibility index (Phi) is 4.99. The van der Waals surface area contributed by atoms with E-state index in [1.165, 1.54) is 0 Å². The maximum Gasteiger partial charge on any atom is 0.141 e. The molecule has 0 saturated heterocycles. The summed E-state index contributed by atoms with van der Waals surface area (Å²) in [6, 6.07) is 4.04. The first-order chi connectivity index (χ1) is 13.1. The number of methoxy groups -OCH3 is 1. The molecule has 6 heteroatoms. The lowest BCUT2D eigenvalue weighted by Gasteiger charge is -2.26. The highest BCUT2D eigenvalue weighted by Gasteiger charge is 2.26. The minimum absolute atomic E-state index is 0.136. The zero-order valence-electron chi connectivity index (χ0n) is 15.8. The van der Waals surface area contributed by atoms with Gasteiger partial charge in [0.1, 0.15) is 5.78 Å². The van der Waals surface area contributed by atoms with E-state index in [1.54, 1.807) is 25.8 Å². The zero-order chi connectivity index (χ0) is 18.8. The van der Waals surface area contributed by atoms with Gasteiger partial charge in [0.05, 0.1) is 30.0 Å². The number of carbonyl (C=O) groups is 1. The number of hydrogen-bond acceptors (Lipinski definition) is 5. The van der Waals surface area contributed by atoms with Gasteiger partial charge in [-0.2, -0.15) is 0 Å². The fourth-order valence-electron chi connectivity index (χ4n) is 3.87. The van der Waals surface area contributed by atoms with Crippen LogP contribution in [0.1, 0.15) is 31.4 Å². The van der Waals surface area contributed by atoms with Crippen LogP contribution in [-0.4, -0.2) is 38.5 Å². The van der Waals surface area contributed by atoms with Crippen molar-refractivity contribution in [2.45, 2.75) is 38.2 Å². The second-order valence-electron chi connectivity index (χ2n) is 7.33. The molecule has 140 valence electrons. The summed E-state index contributed by atoms with van der Waals surface area (Å²) in [7, 11) is 3.70. The number of imidazole rings is 1. The van der Waals surface area contributed by atoms with E-state index in [9.17, 15) is 4.79 Å². The topological polar surface area (TPSA) is 69.9 Å². The molecular formula is C21H24N4O2. The number of Topliss-reactive ketones (excluding diaryl/α,β-unsaturated/α-hetero) is 1. The highest BCUT2D eigenvalue weighted by Crippen LogP contribution is 2.28. The number of nitrogens with zero attached hydrogens (tertiary/aromatic N) is 4. The SMILES string of the molecule is COC1CCC(C(=O)Cc2cc3cc(-c4cncn4C)ncc3cn2)CC1. The molecule has 6 nitrogen and oxygen atoms in total.